The number of benzene rings is 1. The van der Waals surface area contributed by atoms with Gasteiger partial charge in [-0.3, -0.25) is 4.79 Å². The lowest BCUT2D eigenvalue weighted by molar-refractivity contribution is 0.0902. The molecule has 1 aliphatic rings. The second-order valence-corrected chi connectivity index (χ2v) is 6.20. The van der Waals surface area contributed by atoms with E-state index in [1.54, 1.807) is 24.1 Å². The van der Waals surface area contributed by atoms with Crippen molar-refractivity contribution < 1.29 is 9.53 Å². The lowest BCUT2D eigenvalue weighted by atomic mass is 9.84. The Balaban J connectivity index is 1.68. The first-order valence-electron chi connectivity index (χ1n) is 8.42. The lowest BCUT2D eigenvalue weighted by Gasteiger charge is -2.31. The third-order valence-electron chi connectivity index (χ3n) is 4.69. The van der Waals surface area contributed by atoms with Gasteiger partial charge in [0.05, 0.1) is 12.8 Å². The number of hydrogen-bond donors (Lipinski definition) is 2. The zero-order valence-electron chi connectivity index (χ0n) is 13.9. The van der Waals surface area contributed by atoms with Gasteiger partial charge in [-0.2, -0.15) is 5.10 Å². The minimum Gasteiger partial charge on any atom is -0.497 e. The molecule has 0 saturated heterocycles. The molecule has 2 aromatic rings. The molecule has 3 rings (SSSR count). The third kappa shape index (κ3) is 3.59. The molecule has 1 aromatic heterocycles. The van der Waals surface area contributed by atoms with Crippen LogP contribution in [0.2, 0.25) is 0 Å². The Morgan fingerprint density at radius 2 is 2.04 bits per heavy atom. The van der Waals surface area contributed by atoms with Crippen LogP contribution in [-0.2, 0) is 0 Å². The monoisotopic (exact) mass is 328 g/mol. The highest BCUT2D eigenvalue weighted by Crippen LogP contribution is 2.23. The van der Waals surface area contributed by atoms with Crippen LogP contribution in [0.1, 0.15) is 36.2 Å². The van der Waals surface area contributed by atoms with Crippen LogP contribution in [0, 0.1) is 5.92 Å². The number of rotatable bonds is 5. The summed E-state index contributed by atoms with van der Waals surface area (Å²) < 4.78 is 6.84. The van der Waals surface area contributed by atoms with Crippen LogP contribution >= 0.6 is 0 Å². The van der Waals surface area contributed by atoms with E-state index in [1.165, 1.54) is 6.42 Å². The molecule has 1 aliphatic carbocycles. The van der Waals surface area contributed by atoms with Crippen molar-refractivity contribution in [1.82, 2.24) is 15.1 Å². The number of nitrogens with zero attached hydrogens (tertiary/aromatic N) is 2. The summed E-state index contributed by atoms with van der Waals surface area (Å²) in [6.07, 6.45) is 6.20. The van der Waals surface area contributed by atoms with E-state index in [4.69, 9.17) is 10.5 Å². The zero-order valence-corrected chi connectivity index (χ0v) is 13.9. The van der Waals surface area contributed by atoms with Crippen LogP contribution in [-0.4, -0.2) is 35.4 Å². The van der Waals surface area contributed by atoms with E-state index in [9.17, 15) is 4.79 Å². The first kappa shape index (κ1) is 16.5. The Morgan fingerprint density at radius 3 is 2.75 bits per heavy atom. The number of aromatic nitrogens is 2. The summed E-state index contributed by atoms with van der Waals surface area (Å²) in [5.74, 6) is 1.02. The molecular weight excluding hydrogens is 304 g/mol. The van der Waals surface area contributed by atoms with Gasteiger partial charge in [-0.05, 0) is 55.6 Å². The van der Waals surface area contributed by atoms with Crippen molar-refractivity contribution >= 4 is 5.91 Å². The van der Waals surface area contributed by atoms with Gasteiger partial charge >= 0.3 is 0 Å². The Morgan fingerprint density at radius 1 is 1.29 bits per heavy atom. The fourth-order valence-electron chi connectivity index (χ4n) is 3.25. The number of nitrogens with one attached hydrogen (secondary N) is 1. The summed E-state index contributed by atoms with van der Waals surface area (Å²) in [6.45, 7) is 0.616. The number of amides is 1. The van der Waals surface area contributed by atoms with Gasteiger partial charge in [0.15, 0.2) is 5.69 Å². The van der Waals surface area contributed by atoms with Crippen LogP contribution in [0.5, 0.6) is 5.75 Å². The highest BCUT2D eigenvalue weighted by atomic mass is 16.5. The predicted octanol–water partition coefficient (Wildman–Crippen LogP) is 2.13. The predicted molar refractivity (Wildman–Crippen MR) is 92.4 cm³/mol. The normalized spacial score (nSPS) is 20.6. The molecule has 0 spiro atoms. The van der Waals surface area contributed by atoms with Crippen molar-refractivity contribution in [3.05, 3.63) is 42.2 Å². The van der Waals surface area contributed by atoms with Gasteiger partial charge in [-0.15, -0.1) is 0 Å². The van der Waals surface area contributed by atoms with Gasteiger partial charge in [0.25, 0.3) is 5.91 Å². The fourth-order valence-corrected chi connectivity index (χ4v) is 3.25. The number of carbonyl (C=O) groups is 1. The second kappa shape index (κ2) is 7.49. The standard InChI is InChI=1S/C18H24N4O2/c1-24-15-8-6-14(7-9-15)22-11-10-17(21-22)18(23)20-16-5-3-2-4-13(16)12-19/h6-11,13,16H,2-5,12,19H2,1H3,(H,20,23). The molecule has 0 radical (unpaired) electrons. The number of nitrogens with two attached hydrogens (primary N) is 1. The Bertz CT molecular complexity index is 681. The van der Waals surface area contributed by atoms with E-state index < -0.39 is 0 Å². The molecule has 24 heavy (non-hydrogen) atoms. The van der Waals surface area contributed by atoms with Crippen molar-refractivity contribution in [2.24, 2.45) is 11.7 Å². The topological polar surface area (TPSA) is 82.2 Å². The molecule has 0 bridgehead atoms. The largest absolute Gasteiger partial charge is 0.497 e. The number of methoxy groups -OCH3 is 1. The third-order valence-corrected chi connectivity index (χ3v) is 4.69. The van der Waals surface area contributed by atoms with Crippen LogP contribution in [0.4, 0.5) is 0 Å². The van der Waals surface area contributed by atoms with E-state index in [-0.39, 0.29) is 11.9 Å². The maximum atomic E-state index is 12.5. The van der Waals surface area contributed by atoms with Gasteiger partial charge in [0, 0.05) is 12.2 Å². The smallest absolute Gasteiger partial charge is 0.272 e. The summed E-state index contributed by atoms with van der Waals surface area (Å²) in [5, 5.41) is 7.49. The summed E-state index contributed by atoms with van der Waals surface area (Å²) in [4.78, 5) is 12.5. The lowest BCUT2D eigenvalue weighted by Crippen LogP contribution is -2.44. The molecular formula is C18H24N4O2. The summed E-state index contributed by atoms with van der Waals surface area (Å²) in [7, 11) is 1.63. The molecule has 6 heteroatoms. The Labute approximate surface area is 142 Å². The Hall–Kier alpha value is -2.34. The van der Waals surface area contributed by atoms with Gasteiger partial charge < -0.3 is 15.8 Å². The average Bonchev–Trinajstić information content (AvgIpc) is 3.12. The number of ether oxygens (including phenoxy) is 1. The summed E-state index contributed by atoms with van der Waals surface area (Å²) in [6, 6.07) is 9.43. The van der Waals surface area contributed by atoms with E-state index in [0.29, 0.717) is 18.2 Å². The second-order valence-electron chi connectivity index (χ2n) is 6.20. The molecule has 0 aliphatic heterocycles. The van der Waals surface area contributed by atoms with Gasteiger partial charge in [-0.25, -0.2) is 4.68 Å². The number of carbonyl (C=O) groups excluding carboxylic acids is 1. The maximum Gasteiger partial charge on any atom is 0.272 e. The molecule has 2 unspecified atom stereocenters. The maximum absolute atomic E-state index is 12.5. The van der Waals surface area contributed by atoms with Crippen LogP contribution < -0.4 is 15.8 Å². The van der Waals surface area contributed by atoms with Gasteiger partial charge in [-0.1, -0.05) is 12.8 Å². The molecule has 1 saturated carbocycles. The van der Waals surface area contributed by atoms with Crippen LogP contribution in [0.15, 0.2) is 36.5 Å². The summed E-state index contributed by atoms with van der Waals surface area (Å²) >= 11 is 0. The summed E-state index contributed by atoms with van der Waals surface area (Å²) in [5.41, 5.74) is 7.14. The van der Waals surface area contributed by atoms with Crippen molar-refractivity contribution in [3.8, 4) is 11.4 Å². The molecule has 2 atom stereocenters. The highest BCUT2D eigenvalue weighted by Gasteiger charge is 2.26. The molecule has 1 heterocycles. The van der Waals surface area contributed by atoms with Crippen molar-refractivity contribution in [3.63, 3.8) is 0 Å². The van der Waals surface area contributed by atoms with E-state index in [0.717, 1.165) is 30.7 Å². The molecule has 1 amide bonds. The molecule has 1 fully saturated rings. The van der Waals surface area contributed by atoms with Gasteiger partial charge in [0.2, 0.25) is 0 Å². The minimum atomic E-state index is -0.132. The average molecular weight is 328 g/mol. The Kier molecular flexibility index (Phi) is 5.15. The zero-order chi connectivity index (χ0) is 16.9. The first-order chi connectivity index (χ1) is 11.7. The van der Waals surface area contributed by atoms with E-state index in [1.807, 2.05) is 24.3 Å². The molecule has 3 N–H and O–H groups in total. The molecule has 6 nitrogen and oxygen atoms in total. The first-order valence-corrected chi connectivity index (χ1v) is 8.42. The highest BCUT2D eigenvalue weighted by molar-refractivity contribution is 5.92. The molecule has 1 aromatic carbocycles. The molecule has 128 valence electrons. The van der Waals surface area contributed by atoms with Crippen molar-refractivity contribution in [1.29, 1.82) is 0 Å². The van der Waals surface area contributed by atoms with Crippen molar-refractivity contribution in [2.75, 3.05) is 13.7 Å². The minimum absolute atomic E-state index is 0.132. The van der Waals surface area contributed by atoms with Gasteiger partial charge in [0.1, 0.15) is 5.75 Å². The SMILES string of the molecule is COc1ccc(-n2ccc(C(=O)NC3CCCCC3CN)n2)cc1. The van der Waals surface area contributed by atoms with Crippen LogP contribution in [0.3, 0.4) is 0 Å². The number of hydrogen-bond acceptors (Lipinski definition) is 4. The van der Waals surface area contributed by atoms with E-state index in [2.05, 4.69) is 10.4 Å². The quantitative estimate of drug-likeness (QED) is 0.881. The van der Waals surface area contributed by atoms with Crippen molar-refractivity contribution in [2.45, 2.75) is 31.7 Å². The van der Waals surface area contributed by atoms with Crippen LogP contribution in [0.25, 0.3) is 5.69 Å². The van der Waals surface area contributed by atoms with E-state index >= 15 is 0 Å². The fraction of sp³-hybridized carbons (Fsp3) is 0.444.